The summed E-state index contributed by atoms with van der Waals surface area (Å²) in [7, 11) is -1.61. The third-order valence-corrected chi connectivity index (χ3v) is 5.78. The average Bonchev–Trinajstić information content (AvgIpc) is 2.48. The maximum Gasteiger partial charge on any atom is 0.191 e. The molecule has 0 radical (unpaired) electrons. The van der Waals surface area contributed by atoms with Crippen molar-refractivity contribution < 1.29 is 17.5 Å². The first-order chi connectivity index (χ1) is 11.1. The Morgan fingerprint density at radius 1 is 1.32 bits per heavy atom. The third-order valence-electron chi connectivity index (χ3n) is 3.63. The summed E-state index contributed by atoms with van der Waals surface area (Å²) in [5.41, 5.74) is 0. The third kappa shape index (κ3) is 7.76. The minimum Gasteiger partial charge on any atom is -0.486 e. The summed E-state index contributed by atoms with van der Waals surface area (Å²) in [5.74, 6) is 0.227. The van der Waals surface area contributed by atoms with E-state index in [4.69, 9.17) is 4.74 Å². The molecule has 1 aromatic carbocycles. The Bertz CT molecular complexity index is 681. The lowest BCUT2D eigenvalue weighted by atomic mass is 10.2. The van der Waals surface area contributed by atoms with Crippen molar-refractivity contribution in [2.45, 2.75) is 31.6 Å². The predicted octanol–water partition coefficient (Wildman–Crippen LogP) is 2.20. The molecule has 0 aliphatic heterocycles. The number of sulfone groups is 1. The fraction of sp³-hybridized carbons (Fsp3) is 0.562. The van der Waals surface area contributed by atoms with Gasteiger partial charge in [0.1, 0.15) is 6.10 Å². The van der Waals surface area contributed by atoms with Gasteiger partial charge < -0.3 is 15.4 Å². The van der Waals surface area contributed by atoms with Crippen LogP contribution in [0.15, 0.2) is 29.3 Å². The highest BCUT2D eigenvalue weighted by Crippen LogP contribution is 2.16. The first-order valence-corrected chi connectivity index (χ1v) is 9.51. The molecule has 1 rings (SSSR count). The van der Waals surface area contributed by atoms with E-state index in [0.29, 0.717) is 12.5 Å². The Hall–Kier alpha value is -1.10. The Morgan fingerprint density at radius 2 is 1.92 bits per heavy atom. The summed E-state index contributed by atoms with van der Waals surface area (Å²) < 4.78 is 41.5. The quantitative estimate of drug-likeness (QED) is 0.350. The molecule has 0 amide bonds. The maximum absolute atomic E-state index is 13.5. The van der Waals surface area contributed by atoms with Gasteiger partial charge in [0.2, 0.25) is 0 Å². The Morgan fingerprint density at radius 3 is 2.44 bits per heavy atom. The highest BCUT2D eigenvalue weighted by atomic mass is 127. The predicted molar refractivity (Wildman–Crippen MR) is 110 cm³/mol. The summed E-state index contributed by atoms with van der Waals surface area (Å²) in [6, 6.07) is 6.20. The Labute approximate surface area is 166 Å². The number of nitrogens with one attached hydrogen (secondary N) is 2. The molecule has 144 valence electrons. The molecule has 0 spiro atoms. The van der Waals surface area contributed by atoms with Crippen LogP contribution in [0.3, 0.4) is 0 Å². The van der Waals surface area contributed by atoms with Crippen LogP contribution in [0.1, 0.15) is 20.8 Å². The monoisotopic (exact) mass is 487 g/mol. The van der Waals surface area contributed by atoms with E-state index in [2.05, 4.69) is 15.6 Å². The number of ether oxygens (including phenoxy) is 1. The zero-order chi connectivity index (χ0) is 18.4. The minimum absolute atomic E-state index is 0. The Balaban J connectivity index is 0.00000576. The van der Waals surface area contributed by atoms with Crippen molar-refractivity contribution in [3.8, 4) is 5.75 Å². The van der Waals surface area contributed by atoms with Gasteiger partial charge in [-0.1, -0.05) is 12.1 Å². The number of rotatable bonds is 7. The smallest absolute Gasteiger partial charge is 0.191 e. The zero-order valence-corrected chi connectivity index (χ0v) is 18.3. The van der Waals surface area contributed by atoms with Gasteiger partial charge in [0, 0.05) is 19.8 Å². The normalized spacial score (nSPS) is 13.6. The van der Waals surface area contributed by atoms with Crippen LogP contribution in [0.4, 0.5) is 4.39 Å². The molecule has 1 unspecified atom stereocenters. The van der Waals surface area contributed by atoms with Crippen molar-refractivity contribution in [1.29, 1.82) is 0 Å². The largest absolute Gasteiger partial charge is 0.486 e. The molecular weight excluding hydrogens is 460 g/mol. The van der Waals surface area contributed by atoms with Crippen LogP contribution in [0, 0.1) is 5.82 Å². The highest BCUT2D eigenvalue weighted by Gasteiger charge is 2.30. The number of nitrogens with zero attached hydrogens (tertiary/aromatic N) is 1. The average molecular weight is 487 g/mol. The number of aliphatic imine (C=N–C) groups is 1. The first-order valence-electron chi connectivity index (χ1n) is 7.62. The van der Waals surface area contributed by atoms with E-state index in [0.717, 1.165) is 0 Å². The van der Waals surface area contributed by atoms with Crippen LogP contribution in [-0.2, 0) is 9.84 Å². The van der Waals surface area contributed by atoms with Crippen molar-refractivity contribution in [3.63, 3.8) is 0 Å². The van der Waals surface area contributed by atoms with Crippen molar-refractivity contribution in [2.24, 2.45) is 4.99 Å². The highest BCUT2D eigenvalue weighted by molar-refractivity contribution is 14.0. The number of hydrogen-bond acceptors (Lipinski definition) is 4. The van der Waals surface area contributed by atoms with E-state index >= 15 is 0 Å². The standard InChI is InChI=1S/C16H26FN3O3S.HI/c1-12(23-14-9-7-6-8-13(14)17)10-19-15(18-4)20-11-16(2,3)24(5,21)22;/h6-9,12H,10-11H2,1-5H3,(H2,18,19,20);1H. The molecular formula is C16H27FIN3O3S. The van der Waals surface area contributed by atoms with E-state index < -0.39 is 20.4 Å². The van der Waals surface area contributed by atoms with Crippen molar-refractivity contribution in [1.82, 2.24) is 10.6 Å². The number of hydrogen-bond donors (Lipinski definition) is 2. The number of para-hydroxylation sites is 1. The molecule has 2 N–H and O–H groups in total. The van der Waals surface area contributed by atoms with Gasteiger partial charge in [0.05, 0.1) is 11.3 Å². The molecule has 6 nitrogen and oxygen atoms in total. The SMILES string of the molecule is CN=C(NCC(C)Oc1ccccc1F)NCC(C)(C)S(C)(=O)=O.I. The second-order valence-corrected chi connectivity index (χ2v) is 8.85. The molecule has 9 heteroatoms. The van der Waals surface area contributed by atoms with Crippen molar-refractivity contribution in [3.05, 3.63) is 30.1 Å². The van der Waals surface area contributed by atoms with E-state index in [1.54, 1.807) is 46.0 Å². The van der Waals surface area contributed by atoms with Crippen molar-refractivity contribution in [2.75, 3.05) is 26.4 Å². The summed E-state index contributed by atoms with van der Waals surface area (Å²) in [6.45, 7) is 5.69. The van der Waals surface area contributed by atoms with E-state index in [-0.39, 0.29) is 42.4 Å². The summed E-state index contributed by atoms with van der Waals surface area (Å²) >= 11 is 0. The fourth-order valence-electron chi connectivity index (χ4n) is 1.69. The second kappa shape index (κ2) is 10.1. The van der Waals surface area contributed by atoms with Crippen LogP contribution < -0.4 is 15.4 Å². The molecule has 0 aliphatic rings. The summed E-state index contributed by atoms with van der Waals surface area (Å²) in [6.07, 6.45) is 0.901. The molecule has 0 aliphatic carbocycles. The lowest BCUT2D eigenvalue weighted by molar-refractivity contribution is 0.214. The van der Waals surface area contributed by atoms with E-state index in [1.165, 1.54) is 12.3 Å². The van der Waals surface area contributed by atoms with Crippen LogP contribution in [0.2, 0.25) is 0 Å². The summed E-state index contributed by atoms with van der Waals surface area (Å²) in [5, 5.41) is 6.01. The van der Waals surface area contributed by atoms with Crippen LogP contribution >= 0.6 is 24.0 Å². The molecule has 0 aromatic heterocycles. The number of guanidine groups is 1. The van der Waals surface area contributed by atoms with Crippen molar-refractivity contribution >= 4 is 39.8 Å². The topological polar surface area (TPSA) is 79.8 Å². The number of halogens is 2. The molecule has 0 saturated heterocycles. The van der Waals surface area contributed by atoms with Crippen LogP contribution in [0.5, 0.6) is 5.75 Å². The number of benzene rings is 1. The molecule has 0 heterocycles. The summed E-state index contributed by atoms with van der Waals surface area (Å²) in [4.78, 5) is 4.04. The van der Waals surface area contributed by atoms with E-state index in [1.807, 2.05) is 0 Å². The molecule has 1 aromatic rings. The lowest BCUT2D eigenvalue weighted by Crippen LogP contribution is -2.49. The van der Waals surface area contributed by atoms with Gasteiger partial charge in [-0.15, -0.1) is 24.0 Å². The molecule has 0 bridgehead atoms. The Kier molecular flexibility index (Phi) is 9.70. The zero-order valence-electron chi connectivity index (χ0n) is 15.2. The molecule has 0 saturated carbocycles. The van der Waals surface area contributed by atoms with Gasteiger partial charge in [-0.25, -0.2) is 12.8 Å². The molecule has 25 heavy (non-hydrogen) atoms. The molecule has 0 fully saturated rings. The van der Waals surface area contributed by atoms with Gasteiger partial charge in [-0.3, -0.25) is 4.99 Å². The van der Waals surface area contributed by atoms with E-state index in [9.17, 15) is 12.8 Å². The first kappa shape index (κ1) is 23.9. The minimum atomic E-state index is -3.19. The maximum atomic E-state index is 13.5. The second-order valence-electron chi connectivity index (χ2n) is 6.20. The fourth-order valence-corrected chi connectivity index (χ4v) is 2.02. The van der Waals surface area contributed by atoms with Gasteiger partial charge >= 0.3 is 0 Å². The van der Waals surface area contributed by atoms with Crippen LogP contribution in [0.25, 0.3) is 0 Å². The van der Waals surface area contributed by atoms with Crippen LogP contribution in [-0.4, -0.2) is 51.6 Å². The van der Waals surface area contributed by atoms with Gasteiger partial charge in [0.25, 0.3) is 0 Å². The van der Waals surface area contributed by atoms with Gasteiger partial charge in [-0.05, 0) is 32.9 Å². The van der Waals surface area contributed by atoms with Gasteiger partial charge in [0.15, 0.2) is 27.4 Å². The molecule has 1 atom stereocenters. The lowest BCUT2D eigenvalue weighted by Gasteiger charge is -2.24. The van der Waals surface area contributed by atoms with Gasteiger partial charge in [-0.2, -0.15) is 0 Å².